The van der Waals surface area contributed by atoms with Gasteiger partial charge in [0.05, 0.1) is 5.56 Å². The Kier molecular flexibility index (Phi) is 4.82. The number of methoxy groups -OCH3 is 1. The number of nitrogens with zero attached hydrogens (tertiary/aromatic N) is 1. The molecule has 1 heterocycles. The molecule has 2 rings (SSSR count). The summed E-state index contributed by atoms with van der Waals surface area (Å²) in [4.78, 5) is 26.8. The Hall–Kier alpha value is -1.07. The normalized spacial score (nSPS) is 16.1. The van der Waals surface area contributed by atoms with Crippen molar-refractivity contribution in [2.45, 2.75) is 44.6 Å². The molecular weight excluding hydrogens is 268 g/mol. The van der Waals surface area contributed by atoms with Crippen molar-refractivity contribution >= 4 is 11.6 Å². The van der Waals surface area contributed by atoms with Crippen molar-refractivity contribution in [1.29, 1.82) is 0 Å². The van der Waals surface area contributed by atoms with Gasteiger partial charge in [0, 0.05) is 20.3 Å². The second-order valence-corrected chi connectivity index (χ2v) is 5.32. The van der Waals surface area contributed by atoms with Crippen LogP contribution in [0.2, 0.25) is 5.15 Å². The van der Waals surface area contributed by atoms with Crippen LogP contribution >= 0.6 is 11.6 Å². The molecule has 0 spiro atoms. The summed E-state index contributed by atoms with van der Waals surface area (Å²) in [5.41, 5.74) is -0.0965. The fourth-order valence-corrected chi connectivity index (χ4v) is 3.01. The molecule has 1 N–H and O–H groups in total. The average molecular weight is 287 g/mol. The molecule has 1 aromatic rings. The minimum absolute atomic E-state index is 0.186. The Balaban J connectivity index is 2.35. The van der Waals surface area contributed by atoms with Crippen LogP contribution in [-0.4, -0.2) is 23.3 Å². The number of aromatic amines is 1. The maximum atomic E-state index is 12.4. The van der Waals surface area contributed by atoms with Crippen molar-refractivity contribution in [3.05, 3.63) is 31.6 Å². The average Bonchev–Trinajstić information content (AvgIpc) is 2.87. The van der Waals surface area contributed by atoms with Gasteiger partial charge in [-0.25, -0.2) is 4.79 Å². The summed E-state index contributed by atoms with van der Waals surface area (Å²) in [6, 6.07) is 0. The van der Waals surface area contributed by atoms with Gasteiger partial charge in [-0.3, -0.25) is 14.3 Å². The third-order valence-corrected chi connectivity index (χ3v) is 3.97. The lowest BCUT2D eigenvalue weighted by Gasteiger charge is -2.13. The van der Waals surface area contributed by atoms with E-state index in [-0.39, 0.29) is 16.6 Å². The van der Waals surface area contributed by atoms with E-state index in [1.54, 1.807) is 7.11 Å². The van der Waals surface area contributed by atoms with E-state index in [9.17, 15) is 9.59 Å². The van der Waals surface area contributed by atoms with Gasteiger partial charge in [0.1, 0.15) is 5.15 Å². The molecule has 1 aromatic heterocycles. The number of rotatable bonds is 5. The first-order valence-corrected chi connectivity index (χ1v) is 7.04. The molecule has 0 saturated heterocycles. The van der Waals surface area contributed by atoms with Crippen LogP contribution in [0, 0.1) is 0 Å². The van der Waals surface area contributed by atoms with Crippen LogP contribution in [0.5, 0.6) is 0 Å². The molecule has 1 saturated carbocycles. The standard InChI is InChI=1S/C13H19ClN2O3/c1-19-8-4-7-16-12(17)10(9-5-2-3-6-9)11(14)15-13(16)18/h9H,2-8H2,1H3,(H,15,18). The predicted molar refractivity (Wildman–Crippen MR) is 74.0 cm³/mol. The first kappa shape index (κ1) is 14.3. The molecule has 0 unspecified atom stereocenters. The molecule has 0 atom stereocenters. The van der Waals surface area contributed by atoms with Crippen LogP contribution in [0.15, 0.2) is 9.59 Å². The van der Waals surface area contributed by atoms with E-state index in [1.165, 1.54) is 4.57 Å². The van der Waals surface area contributed by atoms with E-state index in [1.807, 2.05) is 0 Å². The zero-order chi connectivity index (χ0) is 13.8. The van der Waals surface area contributed by atoms with Crippen LogP contribution < -0.4 is 11.2 Å². The number of ether oxygens (including phenoxy) is 1. The van der Waals surface area contributed by atoms with E-state index in [0.717, 1.165) is 25.7 Å². The van der Waals surface area contributed by atoms with Gasteiger partial charge in [0.25, 0.3) is 5.56 Å². The molecular formula is C13H19ClN2O3. The molecule has 0 aromatic carbocycles. The molecule has 1 aliphatic rings. The number of H-pyrrole nitrogens is 1. The topological polar surface area (TPSA) is 64.1 Å². The van der Waals surface area contributed by atoms with Crippen molar-refractivity contribution in [3.63, 3.8) is 0 Å². The predicted octanol–water partition coefficient (Wildman–Crippen LogP) is 1.88. The van der Waals surface area contributed by atoms with Gasteiger partial charge in [0.15, 0.2) is 0 Å². The smallest absolute Gasteiger partial charge is 0.329 e. The summed E-state index contributed by atoms with van der Waals surface area (Å²) in [6.07, 6.45) is 4.80. The first-order valence-electron chi connectivity index (χ1n) is 6.66. The lowest BCUT2D eigenvalue weighted by molar-refractivity contribution is 0.189. The fraction of sp³-hybridized carbons (Fsp3) is 0.692. The lowest BCUT2D eigenvalue weighted by atomic mass is 10.0. The highest BCUT2D eigenvalue weighted by Gasteiger charge is 2.24. The first-order chi connectivity index (χ1) is 9.15. The summed E-state index contributed by atoms with van der Waals surface area (Å²) in [6.45, 7) is 0.881. The van der Waals surface area contributed by atoms with Crippen molar-refractivity contribution in [3.8, 4) is 0 Å². The zero-order valence-corrected chi connectivity index (χ0v) is 11.8. The molecule has 1 fully saturated rings. The lowest BCUT2D eigenvalue weighted by Crippen LogP contribution is -2.38. The maximum absolute atomic E-state index is 12.4. The Morgan fingerprint density at radius 1 is 1.37 bits per heavy atom. The molecule has 19 heavy (non-hydrogen) atoms. The maximum Gasteiger partial charge on any atom is 0.329 e. The number of halogens is 1. The van der Waals surface area contributed by atoms with E-state index < -0.39 is 5.69 Å². The Labute approximate surface area is 116 Å². The monoisotopic (exact) mass is 286 g/mol. The van der Waals surface area contributed by atoms with Crippen molar-refractivity contribution in [2.75, 3.05) is 13.7 Å². The highest BCUT2D eigenvalue weighted by Crippen LogP contribution is 2.34. The van der Waals surface area contributed by atoms with Gasteiger partial charge in [-0.2, -0.15) is 0 Å². The Morgan fingerprint density at radius 3 is 2.68 bits per heavy atom. The molecule has 5 nitrogen and oxygen atoms in total. The van der Waals surface area contributed by atoms with E-state index in [2.05, 4.69) is 4.98 Å². The van der Waals surface area contributed by atoms with E-state index in [0.29, 0.717) is 25.1 Å². The van der Waals surface area contributed by atoms with Crippen LogP contribution in [0.4, 0.5) is 0 Å². The molecule has 0 amide bonds. The SMILES string of the molecule is COCCCn1c(=O)[nH]c(Cl)c(C2CCCC2)c1=O. The van der Waals surface area contributed by atoms with Crippen molar-refractivity contribution < 1.29 is 4.74 Å². The highest BCUT2D eigenvalue weighted by atomic mass is 35.5. The van der Waals surface area contributed by atoms with E-state index >= 15 is 0 Å². The number of nitrogens with one attached hydrogen (secondary N) is 1. The van der Waals surface area contributed by atoms with Crippen molar-refractivity contribution in [1.82, 2.24) is 9.55 Å². The Morgan fingerprint density at radius 2 is 2.05 bits per heavy atom. The number of hydrogen-bond donors (Lipinski definition) is 1. The van der Waals surface area contributed by atoms with Gasteiger partial charge in [-0.1, -0.05) is 24.4 Å². The van der Waals surface area contributed by atoms with Gasteiger partial charge in [0.2, 0.25) is 0 Å². The molecule has 0 radical (unpaired) electrons. The van der Waals surface area contributed by atoms with Crippen LogP contribution in [-0.2, 0) is 11.3 Å². The molecule has 6 heteroatoms. The molecule has 1 aliphatic carbocycles. The summed E-state index contributed by atoms with van der Waals surface area (Å²) in [7, 11) is 1.60. The van der Waals surface area contributed by atoms with Crippen LogP contribution in [0.25, 0.3) is 0 Å². The van der Waals surface area contributed by atoms with Crippen molar-refractivity contribution in [2.24, 2.45) is 0 Å². The van der Waals surface area contributed by atoms with Gasteiger partial charge in [-0.15, -0.1) is 0 Å². The highest BCUT2D eigenvalue weighted by molar-refractivity contribution is 6.30. The summed E-state index contributed by atoms with van der Waals surface area (Å²) >= 11 is 6.05. The summed E-state index contributed by atoms with van der Waals surface area (Å²) in [5.74, 6) is 0.186. The summed E-state index contributed by atoms with van der Waals surface area (Å²) in [5, 5.41) is 0.213. The number of aromatic nitrogens is 2. The molecule has 106 valence electrons. The quantitative estimate of drug-likeness (QED) is 0.664. The number of hydrogen-bond acceptors (Lipinski definition) is 3. The third kappa shape index (κ3) is 3.09. The van der Waals surface area contributed by atoms with Crippen LogP contribution in [0.1, 0.15) is 43.6 Å². The van der Waals surface area contributed by atoms with Gasteiger partial charge in [-0.05, 0) is 25.2 Å². The second-order valence-electron chi connectivity index (χ2n) is 4.94. The Bertz CT molecular complexity index is 544. The fourth-order valence-electron chi connectivity index (χ4n) is 2.70. The molecule has 0 aliphatic heterocycles. The van der Waals surface area contributed by atoms with Crippen LogP contribution in [0.3, 0.4) is 0 Å². The third-order valence-electron chi connectivity index (χ3n) is 3.67. The van der Waals surface area contributed by atoms with Gasteiger partial charge < -0.3 is 4.74 Å². The largest absolute Gasteiger partial charge is 0.385 e. The zero-order valence-electron chi connectivity index (χ0n) is 11.1. The minimum Gasteiger partial charge on any atom is -0.385 e. The minimum atomic E-state index is -0.437. The van der Waals surface area contributed by atoms with Gasteiger partial charge >= 0.3 is 5.69 Å². The van der Waals surface area contributed by atoms with E-state index in [4.69, 9.17) is 16.3 Å². The summed E-state index contributed by atoms with van der Waals surface area (Å²) < 4.78 is 6.18. The second kappa shape index (κ2) is 6.39. The molecule has 0 bridgehead atoms.